The van der Waals surface area contributed by atoms with Crippen molar-refractivity contribution in [2.45, 2.75) is 13.3 Å². The van der Waals surface area contributed by atoms with Crippen LogP contribution >= 0.6 is 0 Å². The molecule has 0 radical (unpaired) electrons. The number of nitrogen functional groups attached to an aromatic ring is 1. The molecule has 0 amide bonds. The maximum Gasteiger partial charge on any atom is 0.322 e. The molecule has 1 aromatic carbocycles. The van der Waals surface area contributed by atoms with Gasteiger partial charge in [0.25, 0.3) is 0 Å². The van der Waals surface area contributed by atoms with Crippen molar-refractivity contribution in [1.82, 2.24) is 0 Å². The minimum atomic E-state index is 0.0383. The van der Waals surface area contributed by atoms with Crippen molar-refractivity contribution in [2.24, 2.45) is 0 Å². The molecular formula is C9H12BNO2. The summed E-state index contributed by atoms with van der Waals surface area (Å²) in [4.78, 5) is 11.4. The molecule has 0 heterocycles. The van der Waals surface area contributed by atoms with Crippen molar-refractivity contribution >= 4 is 19.5 Å². The van der Waals surface area contributed by atoms with Crippen LogP contribution in [0.3, 0.4) is 0 Å². The minimum absolute atomic E-state index is 0.0383. The fourth-order valence-corrected chi connectivity index (χ4v) is 1.09. The molecule has 0 saturated carbocycles. The first-order chi connectivity index (χ1) is 6.19. The summed E-state index contributed by atoms with van der Waals surface area (Å²) < 4.78 is 5.00. The van der Waals surface area contributed by atoms with Gasteiger partial charge in [0.2, 0.25) is 0 Å². The Morgan fingerprint density at radius 2 is 2.31 bits per heavy atom. The molecule has 4 heteroatoms. The van der Waals surface area contributed by atoms with Crippen LogP contribution < -0.4 is 10.4 Å². The van der Waals surface area contributed by atoms with Crippen LogP contribution in [-0.2, 0) is 0 Å². The van der Waals surface area contributed by atoms with Gasteiger partial charge in [0.05, 0.1) is 5.75 Å². The maximum absolute atomic E-state index is 11.4. The topological polar surface area (TPSA) is 52.3 Å². The largest absolute Gasteiger partial charge is 0.568 e. The highest BCUT2D eigenvalue weighted by Gasteiger charge is 2.07. The molecule has 0 atom stereocenters. The minimum Gasteiger partial charge on any atom is -0.568 e. The number of rotatable bonds is 3. The van der Waals surface area contributed by atoms with E-state index in [1.807, 2.05) is 0 Å². The average molecular weight is 177 g/mol. The molecule has 1 aromatic rings. The quantitative estimate of drug-likeness (QED) is 0.421. The van der Waals surface area contributed by atoms with E-state index < -0.39 is 0 Å². The first kappa shape index (κ1) is 9.64. The van der Waals surface area contributed by atoms with E-state index in [0.717, 1.165) is 0 Å². The van der Waals surface area contributed by atoms with Gasteiger partial charge in [0.1, 0.15) is 0 Å². The van der Waals surface area contributed by atoms with Crippen LogP contribution in [0.1, 0.15) is 23.7 Å². The summed E-state index contributed by atoms with van der Waals surface area (Å²) in [6.07, 6.45) is 0.456. The van der Waals surface area contributed by atoms with Crippen molar-refractivity contribution in [3.8, 4) is 5.75 Å². The number of carbonyl (C=O) groups is 1. The number of ketones is 1. The third-order valence-electron chi connectivity index (χ3n) is 1.88. The molecule has 0 fully saturated rings. The Labute approximate surface area is 78.3 Å². The number of nitrogens with two attached hydrogens (primary N) is 1. The lowest BCUT2D eigenvalue weighted by Crippen LogP contribution is -2.02. The molecule has 0 saturated heterocycles. The first-order valence-corrected chi connectivity index (χ1v) is 4.15. The van der Waals surface area contributed by atoms with Gasteiger partial charge >= 0.3 is 8.05 Å². The predicted molar refractivity (Wildman–Crippen MR) is 54.6 cm³/mol. The molecule has 3 nitrogen and oxygen atoms in total. The van der Waals surface area contributed by atoms with Gasteiger partial charge in [-0.1, -0.05) is 6.92 Å². The van der Waals surface area contributed by atoms with Crippen molar-refractivity contribution in [3.63, 3.8) is 0 Å². The highest BCUT2D eigenvalue weighted by Crippen LogP contribution is 2.20. The average Bonchev–Trinajstić information content (AvgIpc) is 2.17. The Hall–Kier alpha value is -1.45. The molecule has 13 heavy (non-hydrogen) atoms. The van der Waals surface area contributed by atoms with E-state index in [9.17, 15) is 4.79 Å². The van der Waals surface area contributed by atoms with Crippen LogP contribution in [0.25, 0.3) is 0 Å². The summed E-state index contributed by atoms with van der Waals surface area (Å²) in [5.41, 5.74) is 6.69. The molecule has 0 aliphatic heterocycles. The van der Waals surface area contributed by atoms with E-state index in [4.69, 9.17) is 10.4 Å². The zero-order valence-electron chi connectivity index (χ0n) is 7.83. The summed E-state index contributed by atoms with van der Waals surface area (Å²) in [6, 6.07) is 5.09. The second kappa shape index (κ2) is 3.98. The number of benzene rings is 1. The van der Waals surface area contributed by atoms with Gasteiger partial charge < -0.3 is 10.4 Å². The molecule has 0 aromatic heterocycles. The normalized spacial score (nSPS) is 9.62. The van der Waals surface area contributed by atoms with Crippen molar-refractivity contribution in [1.29, 1.82) is 0 Å². The molecule has 0 spiro atoms. The van der Waals surface area contributed by atoms with Crippen LogP contribution in [-0.4, -0.2) is 13.8 Å². The third-order valence-corrected chi connectivity index (χ3v) is 1.88. The van der Waals surface area contributed by atoms with Gasteiger partial charge in [0, 0.05) is 17.7 Å². The van der Waals surface area contributed by atoms with Gasteiger partial charge in [-0.2, -0.15) is 0 Å². The lowest BCUT2D eigenvalue weighted by molar-refractivity contribution is 0.0989. The van der Waals surface area contributed by atoms with Gasteiger partial charge in [-0.3, -0.25) is 4.79 Å². The Morgan fingerprint density at radius 1 is 1.62 bits per heavy atom. The number of hydrogen-bond donors (Lipinski definition) is 1. The Balaban J connectivity index is 3.11. The second-order valence-electron chi connectivity index (χ2n) is 2.73. The van der Waals surface area contributed by atoms with Crippen LogP contribution in [0.5, 0.6) is 5.75 Å². The molecule has 2 N–H and O–H groups in total. The summed E-state index contributed by atoms with van der Waals surface area (Å²) >= 11 is 0. The van der Waals surface area contributed by atoms with E-state index in [0.29, 0.717) is 23.4 Å². The smallest absolute Gasteiger partial charge is 0.322 e. The van der Waals surface area contributed by atoms with E-state index in [-0.39, 0.29) is 5.78 Å². The number of carbonyl (C=O) groups excluding carboxylic acids is 1. The Morgan fingerprint density at radius 3 is 2.85 bits per heavy atom. The maximum atomic E-state index is 11.4. The summed E-state index contributed by atoms with van der Waals surface area (Å²) in [6.45, 7) is 1.81. The molecule has 68 valence electrons. The zero-order valence-corrected chi connectivity index (χ0v) is 7.83. The Bertz CT molecular complexity index is 325. The van der Waals surface area contributed by atoms with E-state index in [2.05, 4.69) is 0 Å². The standard InChI is InChI=1S/C9H12BNO2/c1-2-9(12)7-5-6(13-10)3-4-8(7)11/h3-5H,2,10-11H2,1H3. The molecule has 0 unspecified atom stereocenters. The van der Waals surface area contributed by atoms with E-state index in [1.54, 1.807) is 33.2 Å². The zero-order chi connectivity index (χ0) is 9.84. The van der Waals surface area contributed by atoms with Crippen LogP contribution in [0.4, 0.5) is 5.69 Å². The van der Waals surface area contributed by atoms with Crippen LogP contribution in [0, 0.1) is 0 Å². The highest BCUT2D eigenvalue weighted by molar-refractivity contribution is 6.02. The Kier molecular flexibility index (Phi) is 2.95. The summed E-state index contributed by atoms with van der Waals surface area (Å²) in [5, 5.41) is 0. The monoisotopic (exact) mass is 177 g/mol. The molecule has 0 aliphatic rings. The van der Waals surface area contributed by atoms with E-state index in [1.165, 1.54) is 0 Å². The molecular weight excluding hydrogens is 165 g/mol. The number of Topliss-reactive ketones (excluding diaryl/α,β-unsaturated/α-hetero) is 1. The van der Waals surface area contributed by atoms with Crippen LogP contribution in [0.2, 0.25) is 0 Å². The van der Waals surface area contributed by atoms with Gasteiger partial charge in [-0.15, -0.1) is 0 Å². The predicted octanol–water partition coefficient (Wildman–Crippen LogP) is 0.788. The fraction of sp³-hybridized carbons (Fsp3) is 0.222. The molecule has 1 rings (SSSR count). The molecule has 0 bridgehead atoms. The molecule has 0 aliphatic carbocycles. The van der Waals surface area contributed by atoms with Crippen LogP contribution in [0.15, 0.2) is 18.2 Å². The fourth-order valence-electron chi connectivity index (χ4n) is 1.09. The number of hydrogen-bond acceptors (Lipinski definition) is 3. The van der Waals surface area contributed by atoms with Crippen molar-refractivity contribution < 1.29 is 9.45 Å². The van der Waals surface area contributed by atoms with Crippen molar-refractivity contribution in [2.75, 3.05) is 5.73 Å². The SMILES string of the molecule is BOc1ccc(N)c(C(=O)CC)c1. The summed E-state index contributed by atoms with van der Waals surface area (Å²) in [5.74, 6) is 0.697. The van der Waals surface area contributed by atoms with Gasteiger partial charge in [0.15, 0.2) is 5.78 Å². The first-order valence-electron chi connectivity index (χ1n) is 4.15. The third kappa shape index (κ3) is 2.02. The number of anilines is 1. The van der Waals surface area contributed by atoms with Gasteiger partial charge in [-0.05, 0) is 18.2 Å². The lowest BCUT2D eigenvalue weighted by Gasteiger charge is -2.06. The highest BCUT2D eigenvalue weighted by atomic mass is 16.4. The summed E-state index contributed by atoms with van der Waals surface area (Å²) in [7, 11) is 1.56. The lowest BCUT2D eigenvalue weighted by atomic mass is 10.1. The second-order valence-corrected chi connectivity index (χ2v) is 2.73. The van der Waals surface area contributed by atoms with Crippen molar-refractivity contribution in [3.05, 3.63) is 23.8 Å². The van der Waals surface area contributed by atoms with E-state index >= 15 is 0 Å². The van der Waals surface area contributed by atoms with Gasteiger partial charge in [-0.25, -0.2) is 0 Å².